The Hall–Kier alpha value is -3.23. The molecule has 1 aromatic carbocycles. The molecule has 9 heteroatoms. The quantitative estimate of drug-likeness (QED) is 0.455. The predicted molar refractivity (Wildman–Crippen MR) is 89.7 cm³/mol. The number of nitro groups is 1. The second-order valence-corrected chi connectivity index (χ2v) is 4.89. The first kappa shape index (κ1) is 17.1. The summed E-state index contributed by atoms with van der Waals surface area (Å²) < 4.78 is 4.93. The van der Waals surface area contributed by atoms with Crippen LogP contribution in [0.5, 0.6) is 5.75 Å². The molecule has 0 fully saturated rings. The Labute approximate surface area is 137 Å². The number of nitro benzene ring substituents is 1. The van der Waals surface area contributed by atoms with E-state index in [1.807, 2.05) is 6.92 Å². The Morgan fingerprint density at radius 2 is 2.25 bits per heavy atom. The molecule has 0 amide bonds. The van der Waals surface area contributed by atoms with Crippen molar-refractivity contribution in [2.45, 2.75) is 19.8 Å². The molecule has 126 valence electrons. The molecule has 0 spiro atoms. The number of anilines is 1. The van der Waals surface area contributed by atoms with E-state index in [2.05, 4.69) is 20.5 Å². The highest BCUT2D eigenvalue weighted by Crippen LogP contribution is 2.26. The van der Waals surface area contributed by atoms with Gasteiger partial charge in [0.15, 0.2) is 5.75 Å². The molecule has 0 saturated carbocycles. The highest BCUT2D eigenvalue weighted by Gasteiger charge is 2.14. The van der Waals surface area contributed by atoms with E-state index in [1.54, 1.807) is 6.07 Å². The monoisotopic (exact) mass is 331 g/mol. The number of nitrogens with zero attached hydrogens (tertiary/aromatic N) is 3. The van der Waals surface area contributed by atoms with Crippen molar-refractivity contribution in [1.82, 2.24) is 9.97 Å². The van der Waals surface area contributed by atoms with Gasteiger partial charge in [0.05, 0.1) is 18.2 Å². The second kappa shape index (κ2) is 7.86. The van der Waals surface area contributed by atoms with Crippen LogP contribution < -0.4 is 15.7 Å². The van der Waals surface area contributed by atoms with Crippen LogP contribution >= 0.6 is 0 Å². The third-order valence-corrected chi connectivity index (χ3v) is 3.08. The van der Waals surface area contributed by atoms with Crippen LogP contribution in [0, 0.1) is 10.1 Å². The van der Waals surface area contributed by atoms with Gasteiger partial charge in [0, 0.05) is 23.4 Å². The van der Waals surface area contributed by atoms with Crippen molar-refractivity contribution in [2.24, 2.45) is 5.10 Å². The van der Waals surface area contributed by atoms with Gasteiger partial charge in [-0.15, -0.1) is 0 Å². The van der Waals surface area contributed by atoms with Gasteiger partial charge in [0.2, 0.25) is 5.95 Å². The Morgan fingerprint density at radius 1 is 1.46 bits per heavy atom. The number of nitrogens with one attached hydrogen (secondary N) is 2. The Balaban J connectivity index is 2.16. The molecule has 0 bridgehead atoms. The van der Waals surface area contributed by atoms with E-state index in [4.69, 9.17) is 4.74 Å². The maximum Gasteiger partial charge on any atom is 0.311 e. The maximum absolute atomic E-state index is 11.5. The Kier molecular flexibility index (Phi) is 5.61. The maximum atomic E-state index is 11.5. The van der Waals surface area contributed by atoms with Crippen molar-refractivity contribution < 1.29 is 9.66 Å². The van der Waals surface area contributed by atoms with E-state index in [9.17, 15) is 14.9 Å². The Morgan fingerprint density at radius 3 is 2.92 bits per heavy atom. The second-order valence-electron chi connectivity index (χ2n) is 4.89. The minimum absolute atomic E-state index is 0.155. The first-order valence-electron chi connectivity index (χ1n) is 7.25. The molecule has 9 nitrogen and oxygen atoms in total. The number of aryl methyl sites for hydroxylation is 1. The van der Waals surface area contributed by atoms with Gasteiger partial charge in [-0.25, -0.2) is 10.4 Å². The lowest BCUT2D eigenvalue weighted by atomic mass is 10.2. The first-order chi connectivity index (χ1) is 11.5. The van der Waals surface area contributed by atoms with E-state index in [0.29, 0.717) is 17.7 Å². The van der Waals surface area contributed by atoms with Gasteiger partial charge in [-0.1, -0.05) is 13.3 Å². The van der Waals surface area contributed by atoms with Crippen molar-refractivity contribution in [3.8, 4) is 5.75 Å². The number of benzene rings is 1. The number of aromatic amines is 1. The van der Waals surface area contributed by atoms with Crippen LogP contribution in [0.15, 0.2) is 34.2 Å². The summed E-state index contributed by atoms with van der Waals surface area (Å²) in [6, 6.07) is 5.89. The molecule has 0 radical (unpaired) electrons. The summed E-state index contributed by atoms with van der Waals surface area (Å²) in [4.78, 5) is 28.7. The molecule has 0 aliphatic heterocycles. The van der Waals surface area contributed by atoms with Crippen LogP contribution in [0.25, 0.3) is 0 Å². The Bertz CT molecular complexity index is 816. The van der Waals surface area contributed by atoms with Crippen LogP contribution in [0.3, 0.4) is 0 Å². The number of hydrogen-bond donors (Lipinski definition) is 2. The SMILES string of the molecule is CCCc1cc(=O)[nH]c(N/N=C/c2ccc(OC)c([N+](=O)[O-])c2)n1. The molecule has 0 aliphatic carbocycles. The zero-order chi connectivity index (χ0) is 17.5. The molecule has 2 aromatic rings. The first-order valence-corrected chi connectivity index (χ1v) is 7.25. The van der Waals surface area contributed by atoms with E-state index in [1.165, 1.54) is 31.5 Å². The summed E-state index contributed by atoms with van der Waals surface area (Å²) >= 11 is 0. The van der Waals surface area contributed by atoms with E-state index < -0.39 is 4.92 Å². The van der Waals surface area contributed by atoms with Gasteiger partial charge in [0.1, 0.15) is 0 Å². The minimum Gasteiger partial charge on any atom is -0.490 e. The highest BCUT2D eigenvalue weighted by molar-refractivity contribution is 5.82. The fraction of sp³-hybridized carbons (Fsp3) is 0.267. The molecule has 1 aromatic heterocycles. The summed E-state index contributed by atoms with van der Waals surface area (Å²) in [7, 11) is 1.36. The topological polar surface area (TPSA) is 123 Å². The van der Waals surface area contributed by atoms with Crippen molar-refractivity contribution >= 4 is 17.9 Å². The van der Waals surface area contributed by atoms with Crippen LogP contribution in [0.2, 0.25) is 0 Å². The van der Waals surface area contributed by atoms with E-state index >= 15 is 0 Å². The summed E-state index contributed by atoms with van der Waals surface area (Å²) in [5.74, 6) is 0.383. The molecule has 2 rings (SSSR count). The number of H-pyrrole nitrogens is 1. The molecule has 1 heterocycles. The number of rotatable bonds is 7. The van der Waals surface area contributed by atoms with E-state index in [-0.39, 0.29) is 22.9 Å². The molecule has 0 unspecified atom stereocenters. The lowest BCUT2D eigenvalue weighted by molar-refractivity contribution is -0.385. The van der Waals surface area contributed by atoms with Crippen molar-refractivity contribution in [3.05, 3.63) is 56.0 Å². The summed E-state index contributed by atoms with van der Waals surface area (Å²) in [5, 5.41) is 14.9. The van der Waals surface area contributed by atoms with Crippen molar-refractivity contribution in [1.29, 1.82) is 0 Å². The largest absolute Gasteiger partial charge is 0.490 e. The predicted octanol–water partition coefficient (Wildman–Crippen LogP) is 2.09. The van der Waals surface area contributed by atoms with Crippen LogP contribution in [0.1, 0.15) is 24.6 Å². The number of ether oxygens (including phenoxy) is 1. The third-order valence-electron chi connectivity index (χ3n) is 3.08. The average Bonchev–Trinajstić information content (AvgIpc) is 2.54. The number of methoxy groups -OCH3 is 1. The zero-order valence-electron chi connectivity index (χ0n) is 13.3. The van der Waals surface area contributed by atoms with Crippen LogP contribution in [-0.4, -0.2) is 28.2 Å². The zero-order valence-corrected chi connectivity index (χ0v) is 13.3. The molecule has 0 atom stereocenters. The van der Waals surface area contributed by atoms with E-state index in [0.717, 1.165) is 6.42 Å². The molecular weight excluding hydrogens is 314 g/mol. The summed E-state index contributed by atoms with van der Waals surface area (Å²) in [5.41, 5.74) is 3.35. The number of hydrazone groups is 1. The van der Waals surface area contributed by atoms with Gasteiger partial charge in [-0.3, -0.25) is 19.9 Å². The summed E-state index contributed by atoms with van der Waals surface area (Å²) in [6.45, 7) is 1.99. The van der Waals surface area contributed by atoms with Crippen molar-refractivity contribution in [3.63, 3.8) is 0 Å². The van der Waals surface area contributed by atoms with Crippen molar-refractivity contribution in [2.75, 3.05) is 12.5 Å². The lowest BCUT2D eigenvalue weighted by Crippen LogP contribution is -2.12. The van der Waals surface area contributed by atoms with Crippen LogP contribution in [0.4, 0.5) is 11.6 Å². The normalized spacial score (nSPS) is 10.8. The number of hydrogen-bond acceptors (Lipinski definition) is 7. The molecule has 0 aliphatic rings. The fourth-order valence-electron chi connectivity index (χ4n) is 2.04. The van der Waals surface area contributed by atoms with Gasteiger partial charge in [0.25, 0.3) is 5.56 Å². The van der Waals surface area contributed by atoms with Gasteiger partial charge in [-0.05, 0) is 18.6 Å². The standard InChI is InChI=1S/C15H17N5O4/c1-3-4-11-8-14(21)18-15(17-11)19-16-9-10-5-6-13(24-2)12(7-10)20(22)23/h5-9H,3-4H2,1-2H3,(H2,17,18,19,21)/b16-9+. The minimum atomic E-state index is -0.531. The van der Waals surface area contributed by atoms with Gasteiger partial charge in [-0.2, -0.15) is 5.10 Å². The van der Waals surface area contributed by atoms with Gasteiger partial charge < -0.3 is 4.74 Å². The molecule has 24 heavy (non-hydrogen) atoms. The molecule has 0 saturated heterocycles. The fourth-order valence-corrected chi connectivity index (χ4v) is 2.04. The summed E-state index contributed by atoms with van der Waals surface area (Å²) in [6.07, 6.45) is 2.95. The smallest absolute Gasteiger partial charge is 0.311 e. The molecule has 2 N–H and O–H groups in total. The highest BCUT2D eigenvalue weighted by atomic mass is 16.6. The number of aromatic nitrogens is 2. The molecular formula is C15H17N5O4. The lowest BCUT2D eigenvalue weighted by Gasteiger charge is -2.03. The van der Waals surface area contributed by atoms with Gasteiger partial charge >= 0.3 is 5.69 Å². The van der Waals surface area contributed by atoms with Crippen LogP contribution in [-0.2, 0) is 6.42 Å². The third kappa shape index (κ3) is 4.38. The average molecular weight is 331 g/mol.